The van der Waals surface area contributed by atoms with Crippen molar-refractivity contribution in [1.29, 1.82) is 0 Å². The van der Waals surface area contributed by atoms with Gasteiger partial charge in [0.05, 0.1) is 5.60 Å². The zero-order chi connectivity index (χ0) is 17.0. The summed E-state index contributed by atoms with van der Waals surface area (Å²) in [4.78, 5) is 7.69. The lowest BCUT2D eigenvalue weighted by Crippen LogP contribution is -2.45. The predicted molar refractivity (Wildman–Crippen MR) is 99.7 cm³/mol. The second kappa shape index (κ2) is 7.26. The SMILES string of the molecule is CN=C(NCCc1c[nH]c2c(C)cccc12)NCC1(C)CCCO1. The van der Waals surface area contributed by atoms with Gasteiger partial charge in [0.1, 0.15) is 0 Å². The van der Waals surface area contributed by atoms with E-state index < -0.39 is 0 Å². The van der Waals surface area contributed by atoms with Crippen LogP contribution in [0.1, 0.15) is 30.9 Å². The molecule has 0 amide bonds. The summed E-state index contributed by atoms with van der Waals surface area (Å²) in [6, 6.07) is 6.43. The number of para-hydroxylation sites is 1. The van der Waals surface area contributed by atoms with Gasteiger partial charge >= 0.3 is 0 Å². The number of rotatable bonds is 5. The molecular weight excluding hydrogens is 300 g/mol. The van der Waals surface area contributed by atoms with Gasteiger partial charge in [-0.15, -0.1) is 0 Å². The first-order valence-corrected chi connectivity index (χ1v) is 8.75. The Hall–Kier alpha value is -2.01. The van der Waals surface area contributed by atoms with E-state index >= 15 is 0 Å². The second-order valence-corrected chi connectivity index (χ2v) is 6.82. The molecule has 1 aliphatic rings. The topological polar surface area (TPSA) is 61.4 Å². The van der Waals surface area contributed by atoms with Crippen LogP contribution in [0, 0.1) is 6.92 Å². The number of nitrogens with one attached hydrogen (secondary N) is 3. The third-order valence-corrected chi connectivity index (χ3v) is 4.85. The summed E-state index contributed by atoms with van der Waals surface area (Å²) in [6.45, 7) is 6.80. The van der Waals surface area contributed by atoms with Crippen molar-refractivity contribution < 1.29 is 4.74 Å². The van der Waals surface area contributed by atoms with E-state index in [2.05, 4.69) is 58.9 Å². The molecule has 24 heavy (non-hydrogen) atoms. The van der Waals surface area contributed by atoms with E-state index in [0.29, 0.717) is 0 Å². The maximum absolute atomic E-state index is 5.81. The highest BCUT2D eigenvalue weighted by Gasteiger charge is 2.29. The van der Waals surface area contributed by atoms with E-state index in [1.165, 1.54) is 22.0 Å². The average molecular weight is 328 g/mol. The molecule has 1 fully saturated rings. The van der Waals surface area contributed by atoms with Crippen molar-refractivity contribution in [2.75, 3.05) is 26.7 Å². The van der Waals surface area contributed by atoms with E-state index in [9.17, 15) is 0 Å². The van der Waals surface area contributed by atoms with Crippen LogP contribution in [0.15, 0.2) is 29.4 Å². The zero-order valence-corrected chi connectivity index (χ0v) is 14.9. The minimum atomic E-state index is -0.0635. The van der Waals surface area contributed by atoms with E-state index in [1.54, 1.807) is 0 Å². The van der Waals surface area contributed by atoms with E-state index in [0.717, 1.165) is 44.9 Å². The summed E-state index contributed by atoms with van der Waals surface area (Å²) in [7, 11) is 1.81. The highest BCUT2D eigenvalue weighted by Crippen LogP contribution is 2.24. The van der Waals surface area contributed by atoms with Crippen LogP contribution in [0.4, 0.5) is 0 Å². The van der Waals surface area contributed by atoms with Crippen molar-refractivity contribution in [3.63, 3.8) is 0 Å². The Morgan fingerprint density at radius 3 is 3.00 bits per heavy atom. The van der Waals surface area contributed by atoms with Gasteiger partial charge in [-0.3, -0.25) is 4.99 Å². The highest BCUT2D eigenvalue weighted by atomic mass is 16.5. The van der Waals surface area contributed by atoms with Gasteiger partial charge in [-0.05, 0) is 44.2 Å². The van der Waals surface area contributed by atoms with Crippen LogP contribution in [0.5, 0.6) is 0 Å². The minimum Gasteiger partial charge on any atom is -0.373 e. The molecule has 5 nitrogen and oxygen atoms in total. The summed E-state index contributed by atoms with van der Waals surface area (Å²) >= 11 is 0. The van der Waals surface area contributed by atoms with Gasteiger partial charge in [0.2, 0.25) is 0 Å². The number of nitrogens with zero attached hydrogens (tertiary/aromatic N) is 1. The van der Waals surface area contributed by atoms with Crippen molar-refractivity contribution >= 4 is 16.9 Å². The summed E-state index contributed by atoms with van der Waals surface area (Å²) < 4.78 is 5.81. The van der Waals surface area contributed by atoms with Gasteiger partial charge < -0.3 is 20.4 Å². The molecular formula is C19H28N4O. The van der Waals surface area contributed by atoms with E-state index in [1.807, 2.05) is 7.05 Å². The van der Waals surface area contributed by atoms with E-state index in [-0.39, 0.29) is 5.60 Å². The standard InChI is InChI=1S/C19H28N4O/c1-14-6-4-7-16-15(12-22-17(14)16)8-10-21-18(20-3)23-13-19(2)9-5-11-24-19/h4,6-7,12,22H,5,8-11,13H2,1-3H3,(H2,20,21,23). The molecule has 3 N–H and O–H groups in total. The Morgan fingerprint density at radius 1 is 1.38 bits per heavy atom. The smallest absolute Gasteiger partial charge is 0.191 e. The lowest BCUT2D eigenvalue weighted by molar-refractivity contribution is 0.0243. The Bertz CT molecular complexity index is 713. The van der Waals surface area contributed by atoms with Crippen molar-refractivity contribution in [3.8, 4) is 0 Å². The van der Waals surface area contributed by atoms with Gasteiger partial charge in [-0.1, -0.05) is 18.2 Å². The molecule has 3 rings (SSSR count). The van der Waals surface area contributed by atoms with Gasteiger partial charge in [-0.25, -0.2) is 0 Å². The summed E-state index contributed by atoms with van der Waals surface area (Å²) in [6.07, 6.45) is 5.32. The Kier molecular flexibility index (Phi) is 5.09. The molecule has 1 atom stereocenters. The van der Waals surface area contributed by atoms with Crippen molar-refractivity contribution in [2.45, 2.75) is 38.7 Å². The summed E-state index contributed by atoms with van der Waals surface area (Å²) in [5.41, 5.74) is 3.80. The van der Waals surface area contributed by atoms with Crippen molar-refractivity contribution in [3.05, 3.63) is 35.5 Å². The first-order valence-electron chi connectivity index (χ1n) is 8.75. The fraction of sp³-hybridized carbons (Fsp3) is 0.526. The number of aromatic nitrogens is 1. The maximum atomic E-state index is 5.81. The third-order valence-electron chi connectivity index (χ3n) is 4.85. The molecule has 1 aromatic heterocycles. The predicted octanol–water partition coefficient (Wildman–Crippen LogP) is 2.75. The quantitative estimate of drug-likeness (QED) is 0.584. The van der Waals surface area contributed by atoms with Crippen molar-refractivity contribution in [2.24, 2.45) is 4.99 Å². The number of hydrogen-bond acceptors (Lipinski definition) is 2. The molecule has 1 saturated heterocycles. The summed E-state index contributed by atoms with van der Waals surface area (Å²) in [5.74, 6) is 0.836. The lowest BCUT2D eigenvalue weighted by Gasteiger charge is -2.24. The number of H-pyrrole nitrogens is 1. The molecule has 2 heterocycles. The fourth-order valence-electron chi connectivity index (χ4n) is 3.35. The Balaban J connectivity index is 1.51. The third kappa shape index (κ3) is 3.73. The molecule has 0 aliphatic carbocycles. The zero-order valence-electron chi connectivity index (χ0n) is 14.9. The highest BCUT2D eigenvalue weighted by molar-refractivity contribution is 5.86. The molecule has 0 radical (unpaired) electrons. The van der Waals surface area contributed by atoms with Gasteiger partial charge in [0, 0.05) is 43.8 Å². The molecule has 0 saturated carbocycles. The maximum Gasteiger partial charge on any atom is 0.191 e. The van der Waals surface area contributed by atoms with Gasteiger partial charge in [0.25, 0.3) is 0 Å². The van der Waals surface area contributed by atoms with Crippen LogP contribution in [0.25, 0.3) is 10.9 Å². The molecule has 1 unspecified atom stereocenters. The normalized spacial score (nSPS) is 21.4. The van der Waals surface area contributed by atoms with Gasteiger partial charge in [0.15, 0.2) is 5.96 Å². The number of guanidine groups is 1. The number of benzene rings is 1. The van der Waals surface area contributed by atoms with Crippen LogP contribution in [0.2, 0.25) is 0 Å². The molecule has 0 bridgehead atoms. The molecule has 2 aromatic rings. The molecule has 1 aromatic carbocycles. The largest absolute Gasteiger partial charge is 0.373 e. The van der Waals surface area contributed by atoms with Crippen LogP contribution in [-0.2, 0) is 11.2 Å². The van der Waals surface area contributed by atoms with E-state index in [4.69, 9.17) is 4.74 Å². The first-order chi connectivity index (χ1) is 11.6. The number of hydrogen-bond donors (Lipinski definition) is 3. The van der Waals surface area contributed by atoms with Gasteiger partial charge in [-0.2, -0.15) is 0 Å². The molecule has 1 aliphatic heterocycles. The average Bonchev–Trinajstić information content (AvgIpc) is 3.19. The fourth-order valence-corrected chi connectivity index (χ4v) is 3.35. The summed E-state index contributed by atoms with van der Waals surface area (Å²) in [5, 5.41) is 8.09. The van der Waals surface area contributed by atoms with Crippen LogP contribution in [0.3, 0.4) is 0 Å². The number of fused-ring (bicyclic) bond motifs is 1. The molecule has 130 valence electrons. The Labute approximate surface area is 143 Å². The number of aryl methyl sites for hydroxylation is 1. The minimum absolute atomic E-state index is 0.0635. The number of aromatic amines is 1. The van der Waals surface area contributed by atoms with Crippen molar-refractivity contribution in [1.82, 2.24) is 15.6 Å². The molecule has 0 spiro atoms. The number of aliphatic imine (C=N–C) groups is 1. The second-order valence-electron chi connectivity index (χ2n) is 6.82. The van der Waals surface area contributed by atoms with Crippen LogP contribution >= 0.6 is 0 Å². The van der Waals surface area contributed by atoms with Crippen LogP contribution in [-0.4, -0.2) is 43.3 Å². The number of ether oxygens (including phenoxy) is 1. The monoisotopic (exact) mass is 328 g/mol. The molecule has 5 heteroatoms. The lowest BCUT2D eigenvalue weighted by atomic mass is 10.0. The first kappa shape index (κ1) is 16.8. The van der Waals surface area contributed by atoms with Crippen LogP contribution < -0.4 is 10.6 Å². The Morgan fingerprint density at radius 2 is 2.25 bits per heavy atom.